The van der Waals surface area contributed by atoms with Gasteiger partial charge in [-0.05, 0) is 36.5 Å². The topological polar surface area (TPSA) is 84.3 Å². The van der Waals surface area contributed by atoms with Crippen molar-refractivity contribution in [2.75, 3.05) is 29.2 Å². The Morgan fingerprint density at radius 1 is 1.45 bits per heavy atom. The molecule has 20 heavy (non-hydrogen) atoms. The van der Waals surface area contributed by atoms with Crippen molar-refractivity contribution in [2.24, 2.45) is 0 Å². The van der Waals surface area contributed by atoms with Crippen molar-refractivity contribution in [3.05, 3.63) is 27.8 Å². The Morgan fingerprint density at radius 3 is 2.95 bits per heavy atom. The minimum atomic E-state index is -0.419. The quantitative estimate of drug-likeness (QED) is 0.479. The van der Waals surface area contributed by atoms with Crippen LogP contribution in [0.1, 0.15) is 18.4 Å². The van der Waals surface area contributed by atoms with E-state index in [1.165, 1.54) is 6.07 Å². The number of anilines is 2. The van der Waals surface area contributed by atoms with Crippen LogP contribution in [-0.2, 0) is 11.2 Å². The van der Waals surface area contributed by atoms with Gasteiger partial charge in [0.2, 0.25) is 5.91 Å². The van der Waals surface area contributed by atoms with Gasteiger partial charge in [0.15, 0.2) is 0 Å². The maximum Gasteiger partial charge on any atom is 0.294 e. The molecule has 0 unspecified atom stereocenters. The third-order valence-corrected chi connectivity index (χ3v) is 3.85. The Morgan fingerprint density at radius 2 is 2.25 bits per heavy atom. The normalized spacial score (nSPS) is 13.6. The van der Waals surface area contributed by atoms with Gasteiger partial charge in [0.25, 0.3) is 5.69 Å². The largest absolute Gasteiger partial charge is 0.379 e. The van der Waals surface area contributed by atoms with Crippen molar-refractivity contribution in [3.8, 4) is 0 Å². The van der Waals surface area contributed by atoms with Gasteiger partial charge in [-0.3, -0.25) is 14.9 Å². The lowest BCUT2D eigenvalue weighted by molar-refractivity contribution is -0.383. The molecule has 1 amide bonds. The number of benzene rings is 1. The third kappa shape index (κ3) is 3.41. The molecular weight excluding hydrogens is 278 g/mol. The fourth-order valence-corrected chi connectivity index (χ4v) is 2.58. The second-order valence-electron chi connectivity index (χ2n) is 4.60. The van der Waals surface area contributed by atoms with Gasteiger partial charge in [-0.1, -0.05) is 0 Å². The monoisotopic (exact) mass is 295 g/mol. The molecule has 6 nitrogen and oxygen atoms in total. The van der Waals surface area contributed by atoms with E-state index < -0.39 is 4.92 Å². The molecule has 1 aromatic carbocycles. The van der Waals surface area contributed by atoms with Crippen molar-refractivity contribution >= 4 is 34.7 Å². The summed E-state index contributed by atoms with van der Waals surface area (Å²) >= 11 is 1.75. The lowest BCUT2D eigenvalue weighted by atomic mass is 10.0. The van der Waals surface area contributed by atoms with E-state index >= 15 is 0 Å². The first-order valence-corrected chi connectivity index (χ1v) is 7.85. The summed E-state index contributed by atoms with van der Waals surface area (Å²) in [4.78, 5) is 22.0. The SMILES string of the molecule is CSCCCNc1cc2c(cc1[N+](=O)[O-])NC(=O)CC2. The van der Waals surface area contributed by atoms with Gasteiger partial charge in [0, 0.05) is 19.0 Å². The molecule has 0 aliphatic carbocycles. The van der Waals surface area contributed by atoms with E-state index in [-0.39, 0.29) is 11.6 Å². The predicted molar refractivity (Wildman–Crippen MR) is 81.5 cm³/mol. The molecule has 0 atom stereocenters. The first kappa shape index (κ1) is 14.6. The number of hydrogen-bond donors (Lipinski definition) is 2. The molecule has 7 heteroatoms. The number of thioether (sulfide) groups is 1. The van der Waals surface area contributed by atoms with Crippen LogP contribution in [0.4, 0.5) is 17.1 Å². The van der Waals surface area contributed by atoms with Gasteiger partial charge in [0.1, 0.15) is 5.69 Å². The summed E-state index contributed by atoms with van der Waals surface area (Å²) in [6.45, 7) is 0.701. The lowest BCUT2D eigenvalue weighted by Gasteiger charge is -2.18. The summed E-state index contributed by atoms with van der Waals surface area (Å²) in [7, 11) is 0. The number of amides is 1. The fraction of sp³-hybridized carbons (Fsp3) is 0.462. The number of carbonyl (C=O) groups excluding carboxylic acids is 1. The summed E-state index contributed by atoms with van der Waals surface area (Å²) < 4.78 is 0. The van der Waals surface area contributed by atoms with Crippen LogP contribution in [0.3, 0.4) is 0 Å². The zero-order chi connectivity index (χ0) is 14.5. The van der Waals surface area contributed by atoms with Gasteiger partial charge >= 0.3 is 0 Å². The molecule has 1 heterocycles. The molecule has 0 fully saturated rings. The van der Waals surface area contributed by atoms with E-state index in [1.54, 1.807) is 17.8 Å². The van der Waals surface area contributed by atoms with Gasteiger partial charge in [0.05, 0.1) is 10.6 Å². The van der Waals surface area contributed by atoms with Crippen LogP contribution in [0.5, 0.6) is 0 Å². The number of nitro benzene ring substituents is 1. The summed E-state index contributed by atoms with van der Waals surface area (Å²) in [5.41, 5.74) is 2.05. The number of hydrogen-bond acceptors (Lipinski definition) is 5. The van der Waals surface area contributed by atoms with E-state index in [0.717, 1.165) is 17.7 Å². The molecular formula is C13H17N3O3S. The highest BCUT2D eigenvalue weighted by atomic mass is 32.2. The smallest absolute Gasteiger partial charge is 0.294 e. The molecule has 1 aliphatic rings. The van der Waals surface area contributed by atoms with Crippen LogP contribution in [0.2, 0.25) is 0 Å². The van der Waals surface area contributed by atoms with E-state index in [2.05, 4.69) is 10.6 Å². The van der Waals surface area contributed by atoms with E-state index in [0.29, 0.717) is 30.8 Å². The van der Waals surface area contributed by atoms with Gasteiger partial charge in [-0.15, -0.1) is 0 Å². The fourth-order valence-electron chi connectivity index (χ4n) is 2.15. The lowest BCUT2D eigenvalue weighted by Crippen LogP contribution is -2.19. The molecule has 2 N–H and O–H groups in total. The first-order valence-electron chi connectivity index (χ1n) is 6.46. The molecule has 0 aromatic heterocycles. The number of nitrogens with zero attached hydrogens (tertiary/aromatic N) is 1. The molecule has 0 radical (unpaired) electrons. The Balaban J connectivity index is 2.21. The second kappa shape index (κ2) is 6.60. The van der Waals surface area contributed by atoms with Crippen LogP contribution >= 0.6 is 11.8 Å². The molecule has 108 valence electrons. The van der Waals surface area contributed by atoms with Crippen LogP contribution in [0, 0.1) is 10.1 Å². The molecule has 0 bridgehead atoms. The Bertz CT molecular complexity index is 534. The van der Waals surface area contributed by atoms with Crippen molar-refractivity contribution in [1.82, 2.24) is 0 Å². The zero-order valence-corrected chi connectivity index (χ0v) is 12.1. The van der Waals surface area contributed by atoms with Crippen molar-refractivity contribution in [3.63, 3.8) is 0 Å². The number of rotatable bonds is 6. The average molecular weight is 295 g/mol. The molecule has 0 saturated carbocycles. The van der Waals surface area contributed by atoms with Crippen LogP contribution in [-0.4, -0.2) is 29.4 Å². The summed E-state index contributed by atoms with van der Waals surface area (Å²) in [5.74, 6) is 0.925. The Labute approximate surface area is 121 Å². The highest BCUT2D eigenvalue weighted by Gasteiger charge is 2.22. The van der Waals surface area contributed by atoms with Crippen molar-refractivity contribution in [1.29, 1.82) is 0 Å². The molecule has 0 spiro atoms. The summed E-state index contributed by atoms with van der Waals surface area (Å²) in [5, 5.41) is 16.9. The van der Waals surface area contributed by atoms with Crippen molar-refractivity contribution in [2.45, 2.75) is 19.3 Å². The maximum absolute atomic E-state index is 11.3. The Hall–Kier alpha value is -1.76. The highest BCUT2D eigenvalue weighted by molar-refractivity contribution is 7.98. The highest BCUT2D eigenvalue weighted by Crippen LogP contribution is 2.34. The van der Waals surface area contributed by atoms with Gasteiger partial charge in [-0.25, -0.2) is 0 Å². The summed E-state index contributed by atoms with van der Waals surface area (Å²) in [6, 6.07) is 3.23. The zero-order valence-electron chi connectivity index (χ0n) is 11.3. The average Bonchev–Trinajstić information content (AvgIpc) is 2.42. The standard InChI is InChI=1S/C13H17N3O3S/c1-20-6-2-5-14-11-7-9-3-4-13(17)15-10(9)8-12(11)16(18)19/h7-8,14H,2-6H2,1H3,(H,15,17). The minimum Gasteiger partial charge on any atom is -0.379 e. The van der Waals surface area contributed by atoms with E-state index in [9.17, 15) is 14.9 Å². The Kier molecular flexibility index (Phi) is 4.84. The number of aryl methyl sites for hydroxylation is 1. The number of nitrogens with one attached hydrogen (secondary N) is 2. The van der Waals surface area contributed by atoms with Crippen molar-refractivity contribution < 1.29 is 9.72 Å². The second-order valence-corrected chi connectivity index (χ2v) is 5.59. The van der Waals surface area contributed by atoms with Crippen LogP contribution in [0.25, 0.3) is 0 Å². The minimum absolute atomic E-state index is 0.00935. The number of fused-ring (bicyclic) bond motifs is 1. The molecule has 1 aromatic rings. The van der Waals surface area contributed by atoms with Crippen LogP contribution < -0.4 is 10.6 Å². The van der Waals surface area contributed by atoms with E-state index in [4.69, 9.17) is 0 Å². The van der Waals surface area contributed by atoms with E-state index in [1.807, 2.05) is 6.26 Å². The van der Waals surface area contributed by atoms with Gasteiger partial charge in [-0.2, -0.15) is 11.8 Å². The number of nitro groups is 1. The summed E-state index contributed by atoms with van der Waals surface area (Å²) in [6.07, 6.45) is 4.03. The first-order chi connectivity index (χ1) is 9.61. The van der Waals surface area contributed by atoms with Gasteiger partial charge < -0.3 is 10.6 Å². The predicted octanol–water partition coefficient (Wildman–Crippen LogP) is 2.64. The van der Waals surface area contributed by atoms with Crippen LogP contribution in [0.15, 0.2) is 12.1 Å². The molecule has 2 rings (SSSR count). The third-order valence-electron chi connectivity index (χ3n) is 3.15. The molecule has 1 aliphatic heterocycles. The maximum atomic E-state index is 11.3. The molecule has 0 saturated heterocycles. The number of carbonyl (C=O) groups is 1.